The third-order valence-corrected chi connectivity index (χ3v) is 1.86. The standard InChI is InChI=1S/C9H7N3O2/c1-2-5-6(3-10)8(13)12-9(14)7(5)4-11/h2H2,1H3,(H2,12,13,14)/p-1. The van der Waals surface area contributed by atoms with Gasteiger partial charge in [0.25, 0.3) is 5.56 Å². The molecular weight excluding hydrogens is 182 g/mol. The number of nitrogens with zero attached hydrogens (tertiary/aromatic N) is 2. The van der Waals surface area contributed by atoms with E-state index in [2.05, 4.69) is 0 Å². The second-order valence-corrected chi connectivity index (χ2v) is 2.59. The minimum Gasteiger partial charge on any atom is -0.859 e. The Morgan fingerprint density at radius 3 is 2.36 bits per heavy atom. The minimum absolute atomic E-state index is 0.149. The van der Waals surface area contributed by atoms with Gasteiger partial charge in [-0.1, -0.05) is 6.92 Å². The van der Waals surface area contributed by atoms with E-state index >= 15 is 0 Å². The molecule has 0 fully saturated rings. The number of aromatic amines is 1. The van der Waals surface area contributed by atoms with Gasteiger partial charge in [0.05, 0.1) is 5.56 Å². The molecule has 0 radical (unpaired) electrons. The van der Waals surface area contributed by atoms with Crippen LogP contribution < -0.4 is 10.7 Å². The number of nitrogens with one attached hydrogen (secondary N) is 1. The Morgan fingerprint density at radius 2 is 1.93 bits per heavy atom. The molecular formula is C9H6N3O2-. The van der Waals surface area contributed by atoms with Crippen molar-refractivity contribution in [2.45, 2.75) is 13.3 Å². The molecule has 0 aliphatic carbocycles. The molecule has 0 amide bonds. The van der Waals surface area contributed by atoms with Crippen LogP contribution in [0.1, 0.15) is 23.6 Å². The second-order valence-electron chi connectivity index (χ2n) is 2.59. The van der Waals surface area contributed by atoms with Crippen molar-refractivity contribution in [3.63, 3.8) is 0 Å². The van der Waals surface area contributed by atoms with Crippen molar-refractivity contribution in [3.8, 4) is 18.0 Å². The number of H-pyrrole nitrogens is 1. The van der Waals surface area contributed by atoms with Gasteiger partial charge in [-0.3, -0.25) is 4.79 Å². The molecule has 0 aromatic carbocycles. The van der Waals surface area contributed by atoms with Crippen LogP contribution in [0.2, 0.25) is 0 Å². The summed E-state index contributed by atoms with van der Waals surface area (Å²) in [7, 11) is 0. The van der Waals surface area contributed by atoms with Gasteiger partial charge >= 0.3 is 0 Å². The fraction of sp³-hybridized carbons (Fsp3) is 0.222. The van der Waals surface area contributed by atoms with Gasteiger partial charge in [0.2, 0.25) is 0 Å². The molecule has 1 heterocycles. The van der Waals surface area contributed by atoms with Crippen LogP contribution in [-0.2, 0) is 6.42 Å². The van der Waals surface area contributed by atoms with Crippen molar-refractivity contribution in [1.29, 1.82) is 10.5 Å². The summed E-state index contributed by atoms with van der Waals surface area (Å²) in [6, 6.07) is 3.37. The molecule has 1 N–H and O–H groups in total. The Kier molecular flexibility index (Phi) is 2.54. The molecule has 1 rings (SSSR count). The van der Waals surface area contributed by atoms with Crippen molar-refractivity contribution in [1.82, 2.24) is 4.98 Å². The van der Waals surface area contributed by atoms with Gasteiger partial charge < -0.3 is 10.1 Å². The Balaban J connectivity index is 3.73. The summed E-state index contributed by atoms with van der Waals surface area (Å²) in [4.78, 5) is 13.1. The van der Waals surface area contributed by atoms with Crippen molar-refractivity contribution < 1.29 is 5.11 Å². The quantitative estimate of drug-likeness (QED) is 0.656. The number of rotatable bonds is 1. The summed E-state index contributed by atoms with van der Waals surface area (Å²) in [6.45, 7) is 1.68. The second kappa shape index (κ2) is 3.63. The largest absolute Gasteiger partial charge is 0.859 e. The minimum atomic E-state index is -0.728. The molecule has 1 aromatic rings. The monoisotopic (exact) mass is 188 g/mol. The molecule has 1 aromatic heterocycles. The van der Waals surface area contributed by atoms with Gasteiger partial charge in [-0.2, -0.15) is 10.5 Å². The number of pyridine rings is 1. The maximum Gasteiger partial charge on any atom is 0.265 e. The zero-order valence-electron chi connectivity index (χ0n) is 7.42. The fourth-order valence-corrected chi connectivity index (χ4v) is 1.22. The maximum atomic E-state index is 11.1. The summed E-state index contributed by atoms with van der Waals surface area (Å²) >= 11 is 0. The number of nitriles is 2. The Bertz CT molecular complexity index is 503. The molecule has 14 heavy (non-hydrogen) atoms. The first-order valence-electron chi connectivity index (χ1n) is 3.92. The Hall–Kier alpha value is -2.27. The molecule has 5 nitrogen and oxygen atoms in total. The van der Waals surface area contributed by atoms with Crippen LogP contribution in [0, 0.1) is 22.7 Å². The van der Waals surface area contributed by atoms with Crippen LogP contribution in [0.4, 0.5) is 0 Å². The van der Waals surface area contributed by atoms with Crippen LogP contribution in [0.5, 0.6) is 5.88 Å². The van der Waals surface area contributed by atoms with E-state index in [1.54, 1.807) is 19.1 Å². The van der Waals surface area contributed by atoms with Crippen molar-refractivity contribution in [3.05, 3.63) is 27.0 Å². The summed E-state index contributed by atoms with van der Waals surface area (Å²) < 4.78 is 0. The summed E-state index contributed by atoms with van der Waals surface area (Å²) in [6.07, 6.45) is 0.310. The van der Waals surface area contributed by atoms with Crippen LogP contribution in [0.25, 0.3) is 0 Å². The lowest BCUT2D eigenvalue weighted by molar-refractivity contribution is -0.275. The molecule has 0 bridgehead atoms. The molecule has 0 atom stereocenters. The zero-order chi connectivity index (χ0) is 10.7. The lowest BCUT2D eigenvalue weighted by atomic mass is 10.0. The van der Waals surface area contributed by atoms with E-state index in [-0.39, 0.29) is 16.7 Å². The maximum absolute atomic E-state index is 11.1. The van der Waals surface area contributed by atoms with E-state index in [1.165, 1.54) is 0 Å². The van der Waals surface area contributed by atoms with Crippen LogP contribution in [0.3, 0.4) is 0 Å². The van der Waals surface area contributed by atoms with Gasteiger partial charge in [0, 0.05) is 0 Å². The fourth-order valence-electron chi connectivity index (χ4n) is 1.22. The first kappa shape index (κ1) is 9.82. The predicted molar refractivity (Wildman–Crippen MR) is 45.3 cm³/mol. The highest BCUT2D eigenvalue weighted by Crippen LogP contribution is 2.16. The molecule has 0 unspecified atom stereocenters. The molecule has 70 valence electrons. The van der Waals surface area contributed by atoms with Crippen LogP contribution in [-0.4, -0.2) is 4.98 Å². The van der Waals surface area contributed by atoms with E-state index in [4.69, 9.17) is 10.5 Å². The van der Waals surface area contributed by atoms with E-state index in [9.17, 15) is 9.90 Å². The highest BCUT2D eigenvalue weighted by atomic mass is 16.3. The van der Waals surface area contributed by atoms with E-state index < -0.39 is 11.4 Å². The first-order chi connectivity index (χ1) is 6.65. The topological polar surface area (TPSA) is 104 Å². The van der Waals surface area contributed by atoms with Crippen molar-refractivity contribution >= 4 is 0 Å². The SMILES string of the molecule is CCc1c(C#N)c([O-])[nH]c(=O)c1C#N. The lowest BCUT2D eigenvalue weighted by Gasteiger charge is -2.11. The van der Waals surface area contributed by atoms with Gasteiger partial charge in [0.15, 0.2) is 0 Å². The predicted octanol–water partition coefficient (Wildman–Crippen LogP) is -0.246. The summed E-state index contributed by atoms with van der Waals surface area (Å²) in [5.74, 6) is -0.728. The summed E-state index contributed by atoms with van der Waals surface area (Å²) in [5.41, 5.74) is -0.801. The molecule has 0 saturated heterocycles. The number of hydrogen-bond acceptors (Lipinski definition) is 4. The van der Waals surface area contributed by atoms with Crippen molar-refractivity contribution in [2.24, 2.45) is 0 Å². The highest BCUT2D eigenvalue weighted by molar-refractivity contribution is 5.50. The average molecular weight is 188 g/mol. The molecule has 0 saturated carbocycles. The normalized spacial score (nSPS) is 9.07. The number of hydrogen-bond donors (Lipinski definition) is 1. The first-order valence-corrected chi connectivity index (χ1v) is 3.92. The third kappa shape index (κ3) is 1.32. The van der Waals surface area contributed by atoms with Crippen molar-refractivity contribution in [2.75, 3.05) is 0 Å². The van der Waals surface area contributed by atoms with Crippen LogP contribution >= 0.6 is 0 Å². The molecule has 0 aliphatic heterocycles. The third-order valence-electron chi connectivity index (χ3n) is 1.86. The van der Waals surface area contributed by atoms with E-state index in [0.29, 0.717) is 6.42 Å². The molecule has 0 spiro atoms. The smallest absolute Gasteiger partial charge is 0.265 e. The number of aromatic nitrogens is 1. The van der Waals surface area contributed by atoms with E-state index in [0.717, 1.165) is 0 Å². The molecule has 0 aliphatic rings. The zero-order valence-corrected chi connectivity index (χ0v) is 7.42. The van der Waals surface area contributed by atoms with Gasteiger partial charge in [0.1, 0.15) is 17.7 Å². The lowest BCUT2D eigenvalue weighted by Crippen LogP contribution is -2.18. The average Bonchev–Trinajstić information content (AvgIpc) is 2.16. The summed E-state index contributed by atoms with van der Waals surface area (Å²) in [5, 5.41) is 28.5. The van der Waals surface area contributed by atoms with E-state index in [1.807, 2.05) is 4.98 Å². The molecule has 5 heteroatoms. The Labute approximate surface area is 79.9 Å². The van der Waals surface area contributed by atoms with Crippen LogP contribution in [0.15, 0.2) is 4.79 Å². The highest BCUT2D eigenvalue weighted by Gasteiger charge is 2.11. The van der Waals surface area contributed by atoms with Gasteiger partial charge in [-0.05, 0) is 17.9 Å². The van der Waals surface area contributed by atoms with Gasteiger partial charge in [-0.15, -0.1) is 0 Å². The Morgan fingerprint density at radius 1 is 1.36 bits per heavy atom. The van der Waals surface area contributed by atoms with Gasteiger partial charge in [-0.25, -0.2) is 0 Å².